The summed E-state index contributed by atoms with van der Waals surface area (Å²) in [6.07, 6.45) is 3.48. The fourth-order valence-corrected chi connectivity index (χ4v) is 6.13. The number of aromatic nitrogens is 3. The fraction of sp³-hybridized carbons (Fsp3) is 0.650. The lowest BCUT2D eigenvalue weighted by molar-refractivity contribution is -0.187. The molecule has 3 aliphatic heterocycles. The Hall–Kier alpha value is -2.08. The number of ether oxygens (including phenoxy) is 2. The number of amides is 1. The number of sulfonamides is 1. The van der Waals surface area contributed by atoms with Crippen LogP contribution in [0.1, 0.15) is 32.1 Å². The van der Waals surface area contributed by atoms with E-state index in [0.717, 1.165) is 18.4 Å². The average Bonchev–Trinajstić information content (AvgIpc) is 3.54. The Morgan fingerprint density at radius 1 is 1.06 bits per heavy atom. The maximum atomic E-state index is 12.8. The van der Waals surface area contributed by atoms with Gasteiger partial charge in [0.25, 0.3) is 0 Å². The number of fused-ring (bicyclic) bond motifs is 1. The van der Waals surface area contributed by atoms with Crippen LogP contribution in [0, 0.1) is 0 Å². The summed E-state index contributed by atoms with van der Waals surface area (Å²) < 4.78 is 40.1. The zero-order chi connectivity index (χ0) is 21.5. The van der Waals surface area contributed by atoms with Gasteiger partial charge in [0.1, 0.15) is 5.52 Å². The molecule has 0 saturated carbocycles. The van der Waals surface area contributed by atoms with Gasteiger partial charge in [-0.05, 0) is 31.0 Å². The van der Waals surface area contributed by atoms with Crippen LogP contribution in [0.25, 0.3) is 11.0 Å². The summed E-state index contributed by atoms with van der Waals surface area (Å²) in [6.45, 7) is 3.99. The second-order valence-corrected chi connectivity index (χ2v) is 10.3. The second-order valence-electron chi connectivity index (χ2n) is 8.31. The molecule has 1 aromatic carbocycles. The minimum Gasteiger partial charge on any atom is -0.347 e. The molecular formula is C20H27N5O5S. The van der Waals surface area contributed by atoms with Crippen LogP contribution in [0.15, 0.2) is 23.1 Å². The highest BCUT2D eigenvalue weighted by Crippen LogP contribution is 2.31. The summed E-state index contributed by atoms with van der Waals surface area (Å²) in [4.78, 5) is 14.7. The number of carbonyl (C=O) groups excluding carboxylic acids is 1. The van der Waals surface area contributed by atoms with Crippen molar-refractivity contribution in [3.8, 4) is 0 Å². The zero-order valence-electron chi connectivity index (χ0n) is 17.4. The molecule has 10 nitrogen and oxygen atoms in total. The minimum absolute atomic E-state index is 0.0599. The Morgan fingerprint density at radius 2 is 1.77 bits per heavy atom. The molecule has 1 spiro atoms. The van der Waals surface area contributed by atoms with Crippen LogP contribution in [0.3, 0.4) is 0 Å². The number of aryl methyl sites for hydroxylation is 1. The first-order valence-electron chi connectivity index (χ1n) is 10.9. The average molecular weight is 450 g/mol. The van der Waals surface area contributed by atoms with Crippen molar-refractivity contribution in [3.63, 3.8) is 0 Å². The van der Waals surface area contributed by atoms with Crippen molar-refractivity contribution in [2.75, 3.05) is 39.4 Å². The van der Waals surface area contributed by atoms with Gasteiger partial charge in [-0.2, -0.15) is 4.31 Å². The van der Waals surface area contributed by atoms with Gasteiger partial charge in [0.15, 0.2) is 5.79 Å². The van der Waals surface area contributed by atoms with Crippen LogP contribution in [-0.4, -0.2) is 83.7 Å². The Morgan fingerprint density at radius 3 is 2.48 bits per heavy atom. The van der Waals surface area contributed by atoms with Crippen molar-refractivity contribution in [1.82, 2.24) is 24.2 Å². The van der Waals surface area contributed by atoms with Gasteiger partial charge in [0.2, 0.25) is 15.9 Å². The first-order chi connectivity index (χ1) is 15.0. The second kappa shape index (κ2) is 8.12. The number of likely N-dealkylation sites (tertiary alicyclic amines) is 1. The summed E-state index contributed by atoms with van der Waals surface area (Å²) in [5.74, 6) is -0.434. The standard InChI is InChI=1S/C20H27N5O5S/c26-19(23-11-6-20(7-12-23)29-13-14-30-20)5-10-25-18-4-3-16(15-17(18)21-22-25)31(27,28)24-8-1-2-9-24/h3-4,15H,1-2,5-14H2. The van der Waals surface area contributed by atoms with E-state index in [-0.39, 0.29) is 10.8 Å². The third kappa shape index (κ3) is 3.95. The summed E-state index contributed by atoms with van der Waals surface area (Å²) in [5, 5.41) is 8.27. The summed E-state index contributed by atoms with van der Waals surface area (Å²) in [5.41, 5.74) is 1.24. The maximum Gasteiger partial charge on any atom is 0.243 e. The highest BCUT2D eigenvalue weighted by atomic mass is 32.2. The normalized spacial score (nSPS) is 22.0. The van der Waals surface area contributed by atoms with Crippen LogP contribution >= 0.6 is 0 Å². The van der Waals surface area contributed by atoms with Crippen molar-refractivity contribution in [1.29, 1.82) is 0 Å². The van der Waals surface area contributed by atoms with E-state index in [0.29, 0.717) is 70.7 Å². The number of nitrogens with zero attached hydrogens (tertiary/aromatic N) is 5. The first-order valence-corrected chi connectivity index (χ1v) is 12.3. The SMILES string of the molecule is O=C(CCn1nnc2cc(S(=O)(=O)N3CCCC3)ccc21)N1CCC2(CC1)OCCO2. The fourth-order valence-electron chi connectivity index (χ4n) is 4.60. The van der Waals surface area contributed by atoms with Gasteiger partial charge < -0.3 is 14.4 Å². The van der Waals surface area contributed by atoms with E-state index in [1.165, 1.54) is 4.31 Å². The van der Waals surface area contributed by atoms with E-state index in [1.54, 1.807) is 22.9 Å². The molecule has 4 heterocycles. The summed E-state index contributed by atoms with van der Waals surface area (Å²) in [7, 11) is -3.50. The number of rotatable bonds is 5. The number of hydrogen-bond donors (Lipinski definition) is 0. The lowest BCUT2D eigenvalue weighted by Gasteiger charge is -2.37. The smallest absolute Gasteiger partial charge is 0.243 e. The van der Waals surface area contributed by atoms with E-state index in [9.17, 15) is 13.2 Å². The van der Waals surface area contributed by atoms with Crippen LogP contribution in [0.5, 0.6) is 0 Å². The zero-order valence-corrected chi connectivity index (χ0v) is 18.2. The van der Waals surface area contributed by atoms with Crippen molar-refractivity contribution in [2.24, 2.45) is 0 Å². The van der Waals surface area contributed by atoms with Crippen LogP contribution in [-0.2, 0) is 30.8 Å². The molecule has 0 unspecified atom stereocenters. The molecule has 168 valence electrons. The molecule has 0 radical (unpaired) electrons. The van der Waals surface area contributed by atoms with Gasteiger partial charge in [-0.25, -0.2) is 13.1 Å². The van der Waals surface area contributed by atoms with Crippen molar-refractivity contribution in [3.05, 3.63) is 18.2 Å². The highest BCUT2D eigenvalue weighted by Gasteiger charge is 2.40. The number of benzene rings is 1. The third-order valence-corrected chi connectivity index (χ3v) is 8.31. The van der Waals surface area contributed by atoms with Gasteiger partial charge >= 0.3 is 0 Å². The van der Waals surface area contributed by atoms with E-state index >= 15 is 0 Å². The van der Waals surface area contributed by atoms with E-state index in [2.05, 4.69) is 10.3 Å². The molecular weight excluding hydrogens is 422 g/mol. The largest absolute Gasteiger partial charge is 0.347 e. The molecule has 1 aromatic heterocycles. The van der Waals surface area contributed by atoms with Gasteiger partial charge in [-0.3, -0.25) is 4.79 Å². The van der Waals surface area contributed by atoms with E-state index < -0.39 is 15.8 Å². The molecule has 3 fully saturated rings. The predicted octanol–water partition coefficient (Wildman–Crippen LogP) is 0.971. The van der Waals surface area contributed by atoms with Crippen molar-refractivity contribution < 1.29 is 22.7 Å². The minimum atomic E-state index is -3.50. The lowest BCUT2D eigenvalue weighted by Crippen LogP contribution is -2.47. The van der Waals surface area contributed by atoms with Gasteiger partial charge in [-0.15, -0.1) is 5.10 Å². The molecule has 0 atom stereocenters. The third-order valence-electron chi connectivity index (χ3n) is 6.42. The van der Waals surface area contributed by atoms with Gasteiger partial charge in [0, 0.05) is 45.4 Å². The van der Waals surface area contributed by atoms with Gasteiger partial charge in [0.05, 0.1) is 30.2 Å². The Balaban J connectivity index is 1.22. The molecule has 31 heavy (non-hydrogen) atoms. The van der Waals surface area contributed by atoms with E-state index in [1.807, 2.05) is 4.90 Å². The molecule has 3 saturated heterocycles. The summed E-state index contributed by atoms with van der Waals surface area (Å²) in [6, 6.07) is 4.89. The van der Waals surface area contributed by atoms with Crippen LogP contribution < -0.4 is 0 Å². The molecule has 3 aliphatic rings. The highest BCUT2D eigenvalue weighted by molar-refractivity contribution is 7.89. The monoisotopic (exact) mass is 449 g/mol. The number of hydrogen-bond acceptors (Lipinski definition) is 7. The first kappa shape index (κ1) is 20.8. The Bertz CT molecular complexity index is 1060. The number of piperidine rings is 1. The molecule has 5 rings (SSSR count). The molecule has 11 heteroatoms. The Kier molecular flexibility index (Phi) is 5.45. The maximum absolute atomic E-state index is 12.8. The van der Waals surface area contributed by atoms with Crippen molar-refractivity contribution in [2.45, 2.75) is 49.3 Å². The molecule has 2 aromatic rings. The predicted molar refractivity (Wildman–Crippen MR) is 111 cm³/mol. The molecule has 0 aliphatic carbocycles. The molecule has 0 N–H and O–H groups in total. The van der Waals surface area contributed by atoms with Crippen LogP contribution in [0.4, 0.5) is 0 Å². The quantitative estimate of drug-likeness (QED) is 0.669. The van der Waals surface area contributed by atoms with E-state index in [4.69, 9.17) is 9.47 Å². The topological polar surface area (TPSA) is 107 Å². The van der Waals surface area contributed by atoms with Gasteiger partial charge in [-0.1, -0.05) is 5.21 Å². The van der Waals surface area contributed by atoms with Crippen molar-refractivity contribution >= 4 is 27.0 Å². The number of carbonyl (C=O) groups is 1. The van der Waals surface area contributed by atoms with Crippen LogP contribution in [0.2, 0.25) is 0 Å². The molecule has 1 amide bonds. The molecule has 0 bridgehead atoms. The lowest BCUT2D eigenvalue weighted by atomic mass is 10.0. The summed E-state index contributed by atoms with van der Waals surface area (Å²) >= 11 is 0. The Labute approximate surface area is 181 Å².